The highest BCUT2D eigenvalue weighted by Crippen LogP contribution is 2.27. The van der Waals surface area contributed by atoms with Crippen molar-refractivity contribution in [2.24, 2.45) is 10.9 Å². The minimum Gasteiger partial charge on any atom is -0.493 e. The molecule has 0 aromatic heterocycles. The molecule has 6 heteroatoms. The van der Waals surface area contributed by atoms with Gasteiger partial charge in [0.1, 0.15) is 0 Å². The second-order valence-corrected chi connectivity index (χ2v) is 7.27. The van der Waals surface area contributed by atoms with Crippen molar-refractivity contribution in [3.63, 3.8) is 0 Å². The van der Waals surface area contributed by atoms with E-state index in [0.717, 1.165) is 49.3 Å². The maximum Gasteiger partial charge on any atom is 0.190 e. The smallest absolute Gasteiger partial charge is 0.190 e. The van der Waals surface area contributed by atoms with Crippen LogP contribution in [0.1, 0.15) is 31.7 Å². The van der Waals surface area contributed by atoms with Crippen LogP contribution in [0.4, 0.5) is 0 Å². The van der Waals surface area contributed by atoms with Crippen LogP contribution in [0.15, 0.2) is 23.2 Å². The molecular weight excluding hydrogens is 340 g/mol. The number of methoxy groups -OCH3 is 2. The lowest BCUT2D eigenvalue weighted by Crippen LogP contribution is -2.40. The molecule has 0 radical (unpaired) electrons. The largest absolute Gasteiger partial charge is 0.493 e. The SMILES string of the molecule is CN=C(NCCCN1CCCC(C)C1)NCCc1ccc(OC)c(OC)c1. The highest BCUT2D eigenvalue weighted by atomic mass is 16.5. The first kappa shape index (κ1) is 21.4. The van der Waals surface area contributed by atoms with Gasteiger partial charge in [-0.15, -0.1) is 0 Å². The number of nitrogens with zero attached hydrogens (tertiary/aromatic N) is 2. The second-order valence-electron chi connectivity index (χ2n) is 7.27. The lowest BCUT2D eigenvalue weighted by molar-refractivity contribution is 0.182. The van der Waals surface area contributed by atoms with E-state index in [1.807, 2.05) is 19.2 Å². The van der Waals surface area contributed by atoms with Crippen LogP contribution in [0.3, 0.4) is 0 Å². The number of hydrogen-bond acceptors (Lipinski definition) is 4. The number of aliphatic imine (C=N–C) groups is 1. The molecule has 0 bridgehead atoms. The Hall–Kier alpha value is -1.95. The van der Waals surface area contributed by atoms with Crippen molar-refractivity contribution in [3.8, 4) is 11.5 Å². The normalized spacial score (nSPS) is 18.2. The van der Waals surface area contributed by atoms with Crippen molar-refractivity contribution in [2.45, 2.75) is 32.6 Å². The van der Waals surface area contributed by atoms with E-state index in [-0.39, 0.29) is 0 Å². The van der Waals surface area contributed by atoms with Gasteiger partial charge >= 0.3 is 0 Å². The molecule has 1 saturated heterocycles. The molecule has 2 rings (SSSR count). The Labute approximate surface area is 164 Å². The van der Waals surface area contributed by atoms with Crippen LogP contribution >= 0.6 is 0 Å². The predicted octanol–water partition coefficient (Wildman–Crippen LogP) is 2.53. The molecular formula is C21H36N4O2. The molecule has 1 aromatic carbocycles. The molecule has 0 aliphatic carbocycles. The average molecular weight is 377 g/mol. The van der Waals surface area contributed by atoms with Gasteiger partial charge in [-0.25, -0.2) is 0 Å². The van der Waals surface area contributed by atoms with E-state index in [9.17, 15) is 0 Å². The monoisotopic (exact) mass is 376 g/mol. The molecule has 2 N–H and O–H groups in total. The van der Waals surface area contributed by atoms with Crippen LogP contribution in [-0.2, 0) is 6.42 Å². The summed E-state index contributed by atoms with van der Waals surface area (Å²) >= 11 is 0. The first-order chi connectivity index (χ1) is 13.2. The highest BCUT2D eigenvalue weighted by molar-refractivity contribution is 5.79. The summed E-state index contributed by atoms with van der Waals surface area (Å²) in [6.07, 6.45) is 4.76. The van der Waals surface area contributed by atoms with Crippen molar-refractivity contribution in [2.75, 3.05) is 54.0 Å². The molecule has 0 amide bonds. The first-order valence-corrected chi connectivity index (χ1v) is 10.0. The van der Waals surface area contributed by atoms with Crippen LogP contribution in [0.25, 0.3) is 0 Å². The molecule has 1 aromatic rings. The summed E-state index contributed by atoms with van der Waals surface area (Å²) in [5.74, 6) is 3.24. The Morgan fingerprint density at radius 1 is 1.19 bits per heavy atom. The van der Waals surface area contributed by atoms with Gasteiger partial charge in [0.2, 0.25) is 0 Å². The highest BCUT2D eigenvalue weighted by Gasteiger charge is 2.15. The molecule has 1 heterocycles. The van der Waals surface area contributed by atoms with E-state index in [4.69, 9.17) is 9.47 Å². The zero-order valence-corrected chi connectivity index (χ0v) is 17.4. The fraction of sp³-hybridized carbons (Fsp3) is 0.667. The summed E-state index contributed by atoms with van der Waals surface area (Å²) in [7, 11) is 5.13. The molecule has 27 heavy (non-hydrogen) atoms. The average Bonchev–Trinajstić information content (AvgIpc) is 2.69. The van der Waals surface area contributed by atoms with Gasteiger partial charge in [-0.2, -0.15) is 0 Å². The van der Waals surface area contributed by atoms with E-state index >= 15 is 0 Å². The van der Waals surface area contributed by atoms with Gasteiger partial charge < -0.3 is 25.0 Å². The van der Waals surface area contributed by atoms with E-state index < -0.39 is 0 Å². The number of nitrogens with one attached hydrogen (secondary N) is 2. The van der Waals surface area contributed by atoms with E-state index in [0.29, 0.717) is 0 Å². The van der Waals surface area contributed by atoms with Gasteiger partial charge in [0.05, 0.1) is 14.2 Å². The fourth-order valence-electron chi connectivity index (χ4n) is 3.58. The Bertz CT molecular complexity index is 592. The maximum atomic E-state index is 5.36. The predicted molar refractivity (Wildman–Crippen MR) is 112 cm³/mol. The van der Waals surface area contributed by atoms with Crippen molar-refractivity contribution < 1.29 is 9.47 Å². The number of likely N-dealkylation sites (tertiary alicyclic amines) is 1. The third kappa shape index (κ3) is 7.29. The number of benzene rings is 1. The topological polar surface area (TPSA) is 58.1 Å². The molecule has 0 spiro atoms. The van der Waals surface area contributed by atoms with Gasteiger partial charge in [-0.05, 0) is 62.4 Å². The van der Waals surface area contributed by atoms with Crippen molar-refractivity contribution in [1.82, 2.24) is 15.5 Å². The summed E-state index contributed by atoms with van der Waals surface area (Å²) in [4.78, 5) is 6.90. The molecule has 0 saturated carbocycles. The zero-order chi connectivity index (χ0) is 19.5. The number of ether oxygens (including phenoxy) is 2. The maximum absolute atomic E-state index is 5.36. The quantitative estimate of drug-likeness (QED) is 0.394. The Morgan fingerprint density at radius 3 is 2.67 bits per heavy atom. The summed E-state index contributed by atoms with van der Waals surface area (Å²) in [6.45, 7) is 7.79. The van der Waals surface area contributed by atoms with Crippen LogP contribution in [0, 0.1) is 5.92 Å². The van der Waals surface area contributed by atoms with E-state index in [1.165, 1.54) is 38.0 Å². The van der Waals surface area contributed by atoms with Gasteiger partial charge in [0.25, 0.3) is 0 Å². The van der Waals surface area contributed by atoms with Crippen LogP contribution in [0.5, 0.6) is 11.5 Å². The first-order valence-electron chi connectivity index (χ1n) is 10.0. The lowest BCUT2D eigenvalue weighted by atomic mass is 10.0. The van der Waals surface area contributed by atoms with Crippen molar-refractivity contribution in [1.29, 1.82) is 0 Å². The third-order valence-electron chi connectivity index (χ3n) is 5.06. The van der Waals surface area contributed by atoms with E-state index in [1.54, 1.807) is 14.2 Å². The van der Waals surface area contributed by atoms with Gasteiger partial charge in [-0.3, -0.25) is 4.99 Å². The number of hydrogen-bond donors (Lipinski definition) is 2. The summed E-state index contributed by atoms with van der Waals surface area (Å²) in [5.41, 5.74) is 1.20. The molecule has 1 aliphatic heterocycles. The second kappa shape index (κ2) is 11.7. The van der Waals surface area contributed by atoms with Gasteiger partial charge in [0.15, 0.2) is 17.5 Å². The van der Waals surface area contributed by atoms with Crippen LogP contribution in [0.2, 0.25) is 0 Å². The number of piperidine rings is 1. The lowest BCUT2D eigenvalue weighted by Gasteiger charge is -2.30. The number of rotatable bonds is 9. The molecule has 1 aliphatic rings. The summed E-state index contributed by atoms with van der Waals surface area (Å²) < 4.78 is 10.6. The summed E-state index contributed by atoms with van der Waals surface area (Å²) in [6, 6.07) is 6.04. The molecule has 152 valence electrons. The summed E-state index contributed by atoms with van der Waals surface area (Å²) in [5, 5.41) is 6.80. The third-order valence-corrected chi connectivity index (χ3v) is 5.06. The standard InChI is InChI=1S/C21H36N4O2/c1-17-7-5-13-25(16-17)14-6-11-23-21(22-2)24-12-10-18-8-9-19(26-3)20(15-18)27-4/h8-9,15,17H,5-7,10-14,16H2,1-4H3,(H2,22,23,24). The molecule has 1 unspecified atom stereocenters. The Morgan fingerprint density at radius 2 is 1.96 bits per heavy atom. The molecule has 1 atom stereocenters. The minimum atomic E-state index is 0.759. The van der Waals surface area contributed by atoms with Crippen LogP contribution in [-0.4, -0.2) is 64.9 Å². The molecule has 1 fully saturated rings. The number of guanidine groups is 1. The fourth-order valence-corrected chi connectivity index (χ4v) is 3.58. The van der Waals surface area contributed by atoms with Gasteiger partial charge in [-0.1, -0.05) is 13.0 Å². The van der Waals surface area contributed by atoms with Crippen LogP contribution < -0.4 is 20.1 Å². The van der Waals surface area contributed by atoms with E-state index in [2.05, 4.69) is 33.5 Å². The van der Waals surface area contributed by atoms with Gasteiger partial charge in [0, 0.05) is 26.7 Å². The Kier molecular flexibility index (Phi) is 9.25. The van der Waals surface area contributed by atoms with Crippen molar-refractivity contribution in [3.05, 3.63) is 23.8 Å². The van der Waals surface area contributed by atoms with Crippen molar-refractivity contribution >= 4 is 5.96 Å². The molecule has 6 nitrogen and oxygen atoms in total. The minimum absolute atomic E-state index is 0.759. The zero-order valence-electron chi connectivity index (χ0n) is 17.4. The Balaban J connectivity index is 1.65.